The zero-order chi connectivity index (χ0) is 12.8. The highest BCUT2D eigenvalue weighted by atomic mass is 79.9. The van der Waals surface area contributed by atoms with Crippen molar-refractivity contribution in [1.29, 1.82) is 0 Å². The van der Waals surface area contributed by atoms with E-state index >= 15 is 0 Å². The molecule has 1 rings (SSSR count). The van der Waals surface area contributed by atoms with Crippen LogP contribution in [-0.2, 0) is 4.79 Å². The number of nitro groups is 1. The number of carbonyl (C=O) groups excluding carboxylic acids is 1. The van der Waals surface area contributed by atoms with Gasteiger partial charge in [-0.25, -0.2) is 0 Å². The second kappa shape index (κ2) is 6.34. The van der Waals surface area contributed by atoms with E-state index in [0.29, 0.717) is 29.7 Å². The van der Waals surface area contributed by atoms with Crippen molar-refractivity contribution in [1.82, 2.24) is 0 Å². The smallest absolute Gasteiger partial charge is 0.287 e. The van der Waals surface area contributed by atoms with E-state index in [1.54, 1.807) is 12.1 Å². The molecule has 0 bridgehead atoms. The van der Waals surface area contributed by atoms with Gasteiger partial charge in [0.25, 0.3) is 5.69 Å². The maximum atomic E-state index is 10.7. The molecule has 0 atom stereocenters. The Morgan fingerprint density at radius 2 is 2.24 bits per heavy atom. The molecule has 1 aromatic carbocycles. The predicted octanol–water partition coefficient (Wildman–Crippen LogP) is 3.11. The van der Waals surface area contributed by atoms with E-state index in [-0.39, 0.29) is 11.5 Å². The summed E-state index contributed by atoms with van der Waals surface area (Å²) in [4.78, 5) is 20.9. The summed E-state index contributed by atoms with van der Waals surface area (Å²) < 4.78 is 5.70. The number of hydrogen-bond donors (Lipinski definition) is 0. The van der Waals surface area contributed by atoms with Crippen LogP contribution >= 0.6 is 15.9 Å². The second-order valence-electron chi connectivity index (χ2n) is 3.50. The average Bonchev–Trinajstić information content (AvgIpc) is 2.25. The lowest BCUT2D eigenvalue weighted by molar-refractivity contribution is -0.385. The van der Waals surface area contributed by atoms with Gasteiger partial charge in [0.05, 0.1) is 11.5 Å². The molecule has 0 amide bonds. The van der Waals surface area contributed by atoms with E-state index in [4.69, 9.17) is 4.74 Å². The van der Waals surface area contributed by atoms with Crippen LogP contribution in [0.3, 0.4) is 0 Å². The molecule has 0 spiro atoms. The molecular formula is C11H12BrNO4. The van der Waals surface area contributed by atoms with Gasteiger partial charge < -0.3 is 9.53 Å². The standard InChI is InChI=1S/C11H12BrNO4/c1-8(14)4-3-7-17-10-6-2-5-9(11(10)12)13(15)16/h2,5-6H,3-4,7H2,1H3. The molecule has 0 aliphatic carbocycles. The van der Waals surface area contributed by atoms with E-state index in [1.807, 2.05) is 0 Å². The van der Waals surface area contributed by atoms with Gasteiger partial charge in [0.2, 0.25) is 0 Å². The van der Waals surface area contributed by atoms with Crippen molar-refractivity contribution >= 4 is 27.4 Å². The fourth-order valence-electron chi connectivity index (χ4n) is 1.25. The maximum absolute atomic E-state index is 10.7. The summed E-state index contributed by atoms with van der Waals surface area (Å²) in [6.07, 6.45) is 1.05. The van der Waals surface area contributed by atoms with Gasteiger partial charge in [-0.05, 0) is 35.3 Å². The van der Waals surface area contributed by atoms with E-state index in [0.717, 1.165) is 0 Å². The Labute approximate surface area is 107 Å². The zero-order valence-corrected chi connectivity index (χ0v) is 10.9. The predicted molar refractivity (Wildman–Crippen MR) is 66.2 cm³/mol. The minimum absolute atomic E-state index is 0.0333. The lowest BCUT2D eigenvalue weighted by Crippen LogP contribution is -2.01. The largest absolute Gasteiger partial charge is 0.492 e. The molecule has 0 fully saturated rings. The van der Waals surface area contributed by atoms with Gasteiger partial charge in [0, 0.05) is 12.5 Å². The van der Waals surface area contributed by atoms with Crippen molar-refractivity contribution in [2.75, 3.05) is 6.61 Å². The van der Waals surface area contributed by atoms with E-state index in [1.165, 1.54) is 13.0 Å². The van der Waals surface area contributed by atoms with Crippen LogP contribution in [0.2, 0.25) is 0 Å². The highest BCUT2D eigenvalue weighted by molar-refractivity contribution is 9.10. The van der Waals surface area contributed by atoms with E-state index in [9.17, 15) is 14.9 Å². The minimum atomic E-state index is -0.480. The van der Waals surface area contributed by atoms with Crippen LogP contribution in [0, 0.1) is 10.1 Å². The SMILES string of the molecule is CC(=O)CCCOc1cccc([N+](=O)[O-])c1Br. The minimum Gasteiger partial charge on any atom is -0.492 e. The van der Waals surface area contributed by atoms with Gasteiger partial charge in [-0.2, -0.15) is 0 Å². The normalized spacial score (nSPS) is 10.0. The Hall–Kier alpha value is -1.43. The Bertz CT molecular complexity index is 433. The number of Topliss-reactive ketones (excluding diaryl/α,β-unsaturated/α-hetero) is 1. The lowest BCUT2D eigenvalue weighted by Gasteiger charge is -2.07. The summed E-state index contributed by atoms with van der Waals surface area (Å²) in [5.74, 6) is 0.523. The topological polar surface area (TPSA) is 69.4 Å². The van der Waals surface area contributed by atoms with Crippen LogP contribution in [0.4, 0.5) is 5.69 Å². The van der Waals surface area contributed by atoms with Gasteiger partial charge in [-0.1, -0.05) is 6.07 Å². The fraction of sp³-hybridized carbons (Fsp3) is 0.364. The first kappa shape index (κ1) is 13.6. The van der Waals surface area contributed by atoms with Crippen molar-refractivity contribution in [3.8, 4) is 5.75 Å². The van der Waals surface area contributed by atoms with Crippen LogP contribution in [0.25, 0.3) is 0 Å². The number of halogens is 1. The van der Waals surface area contributed by atoms with Crippen LogP contribution in [0.1, 0.15) is 19.8 Å². The van der Waals surface area contributed by atoms with Gasteiger partial charge in [-0.15, -0.1) is 0 Å². The summed E-state index contributed by atoms with van der Waals surface area (Å²) in [5.41, 5.74) is -0.0333. The third-order valence-corrected chi connectivity index (χ3v) is 2.87. The van der Waals surface area contributed by atoms with Gasteiger partial charge in [-0.3, -0.25) is 10.1 Å². The Morgan fingerprint density at radius 3 is 2.82 bits per heavy atom. The molecule has 0 N–H and O–H groups in total. The molecule has 0 unspecified atom stereocenters. The fourth-order valence-corrected chi connectivity index (χ4v) is 1.78. The van der Waals surface area contributed by atoms with Crippen LogP contribution in [0.15, 0.2) is 22.7 Å². The van der Waals surface area contributed by atoms with Crippen molar-refractivity contribution in [2.24, 2.45) is 0 Å². The van der Waals surface area contributed by atoms with Crippen molar-refractivity contribution in [3.05, 3.63) is 32.8 Å². The molecule has 0 saturated carbocycles. The van der Waals surface area contributed by atoms with Crippen molar-refractivity contribution < 1.29 is 14.5 Å². The van der Waals surface area contributed by atoms with Crippen LogP contribution in [0.5, 0.6) is 5.75 Å². The highest BCUT2D eigenvalue weighted by Gasteiger charge is 2.15. The Morgan fingerprint density at radius 1 is 1.53 bits per heavy atom. The number of benzene rings is 1. The molecule has 0 heterocycles. The quantitative estimate of drug-likeness (QED) is 0.460. The molecular weight excluding hydrogens is 290 g/mol. The number of ketones is 1. The van der Waals surface area contributed by atoms with Gasteiger partial charge in [0.1, 0.15) is 16.0 Å². The molecule has 6 heteroatoms. The van der Waals surface area contributed by atoms with E-state index in [2.05, 4.69) is 15.9 Å². The molecule has 0 aromatic heterocycles. The highest BCUT2D eigenvalue weighted by Crippen LogP contribution is 2.33. The number of carbonyl (C=O) groups is 1. The second-order valence-corrected chi connectivity index (χ2v) is 4.29. The number of rotatable bonds is 6. The van der Waals surface area contributed by atoms with E-state index < -0.39 is 4.92 Å². The van der Waals surface area contributed by atoms with Crippen LogP contribution < -0.4 is 4.74 Å². The summed E-state index contributed by atoms with van der Waals surface area (Å²) in [6, 6.07) is 4.60. The molecule has 0 saturated heterocycles. The number of ether oxygens (including phenoxy) is 1. The first-order valence-electron chi connectivity index (χ1n) is 5.07. The number of nitro benzene ring substituents is 1. The third-order valence-electron chi connectivity index (χ3n) is 2.07. The van der Waals surface area contributed by atoms with Crippen molar-refractivity contribution in [2.45, 2.75) is 19.8 Å². The summed E-state index contributed by atoms with van der Waals surface area (Å²) in [5, 5.41) is 10.7. The van der Waals surface area contributed by atoms with Crippen LogP contribution in [-0.4, -0.2) is 17.3 Å². The molecule has 0 radical (unpaired) electrons. The molecule has 17 heavy (non-hydrogen) atoms. The van der Waals surface area contributed by atoms with Gasteiger partial charge >= 0.3 is 0 Å². The molecule has 1 aromatic rings. The molecule has 0 aliphatic rings. The van der Waals surface area contributed by atoms with Gasteiger partial charge in [0.15, 0.2) is 0 Å². The Balaban J connectivity index is 2.62. The first-order valence-corrected chi connectivity index (χ1v) is 5.87. The monoisotopic (exact) mass is 301 g/mol. The van der Waals surface area contributed by atoms with Crippen molar-refractivity contribution in [3.63, 3.8) is 0 Å². The summed E-state index contributed by atoms with van der Waals surface area (Å²) in [6.45, 7) is 1.88. The zero-order valence-electron chi connectivity index (χ0n) is 9.31. The first-order chi connectivity index (χ1) is 8.02. The lowest BCUT2D eigenvalue weighted by atomic mass is 10.2. The number of nitrogens with zero attached hydrogens (tertiary/aromatic N) is 1. The third kappa shape index (κ3) is 4.14. The molecule has 0 aliphatic heterocycles. The molecule has 5 nitrogen and oxygen atoms in total. The summed E-state index contributed by atoms with van der Waals surface area (Å²) >= 11 is 3.13. The summed E-state index contributed by atoms with van der Waals surface area (Å²) in [7, 11) is 0. The maximum Gasteiger partial charge on any atom is 0.287 e. The number of hydrogen-bond acceptors (Lipinski definition) is 4. The Kier molecular flexibility index (Phi) is 5.09. The average molecular weight is 302 g/mol. The molecule has 92 valence electrons.